The third-order valence-electron chi connectivity index (χ3n) is 4.05. The molecule has 0 fully saturated rings. The number of hydrogen-bond acceptors (Lipinski definition) is 6. The van der Waals surface area contributed by atoms with Crippen LogP contribution in [0.1, 0.15) is 35.1 Å². The molecule has 1 aromatic heterocycles. The first-order valence-electron chi connectivity index (χ1n) is 8.92. The fraction of sp³-hybridized carbons (Fsp3) is 0.238. The number of rotatable bonds is 8. The number of hydrogen-bond donors (Lipinski definition) is 1. The largest absolute Gasteiger partial charge is 0.456 e. The smallest absolute Gasteiger partial charge is 0.306 e. The molecule has 0 saturated carbocycles. The van der Waals surface area contributed by atoms with Crippen molar-refractivity contribution in [1.82, 2.24) is 4.98 Å². The molecule has 3 aromatic rings. The van der Waals surface area contributed by atoms with Crippen LogP contribution < -0.4 is 5.32 Å². The van der Waals surface area contributed by atoms with Crippen molar-refractivity contribution >= 4 is 44.9 Å². The number of nitrogens with one attached hydrogen (secondary N) is 1. The number of anilines is 1. The van der Waals surface area contributed by atoms with Crippen LogP contribution in [-0.4, -0.2) is 29.3 Å². The molecule has 0 bridgehead atoms. The van der Waals surface area contributed by atoms with Gasteiger partial charge in [-0.05, 0) is 56.2 Å². The highest BCUT2D eigenvalue weighted by atomic mass is 32.1. The number of ketones is 1. The van der Waals surface area contributed by atoms with Crippen molar-refractivity contribution < 1.29 is 19.1 Å². The van der Waals surface area contributed by atoms with Crippen molar-refractivity contribution in [2.75, 3.05) is 11.9 Å². The molecule has 0 aliphatic rings. The molecule has 0 aliphatic heterocycles. The minimum atomic E-state index is -0.421. The van der Waals surface area contributed by atoms with Gasteiger partial charge in [0.2, 0.25) is 0 Å². The fourth-order valence-electron chi connectivity index (χ4n) is 2.61. The number of esters is 1. The summed E-state index contributed by atoms with van der Waals surface area (Å²) in [5, 5.41) is 3.61. The number of aromatic nitrogens is 1. The van der Waals surface area contributed by atoms with Crippen LogP contribution in [0, 0.1) is 0 Å². The molecule has 1 heterocycles. The molecule has 144 valence electrons. The van der Waals surface area contributed by atoms with E-state index in [2.05, 4.69) is 10.3 Å². The zero-order valence-electron chi connectivity index (χ0n) is 15.4. The molecule has 0 atom stereocenters. The summed E-state index contributed by atoms with van der Waals surface area (Å²) in [7, 11) is 0. The Balaban J connectivity index is 1.37. The molecule has 3 rings (SSSR count). The highest BCUT2D eigenvalue weighted by molar-refractivity contribution is 7.18. The van der Waals surface area contributed by atoms with E-state index in [0.717, 1.165) is 15.2 Å². The topological polar surface area (TPSA) is 85.4 Å². The van der Waals surface area contributed by atoms with Gasteiger partial charge in [0.05, 0.1) is 15.2 Å². The van der Waals surface area contributed by atoms with Crippen molar-refractivity contribution in [2.24, 2.45) is 0 Å². The van der Waals surface area contributed by atoms with Crippen LogP contribution in [0.15, 0.2) is 48.5 Å². The lowest BCUT2D eigenvalue weighted by Gasteiger charge is -2.07. The second-order valence-corrected chi connectivity index (χ2v) is 7.39. The number of aryl methyl sites for hydroxylation is 1. The highest BCUT2D eigenvalue weighted by Gasteiger charge is 2.10. The number of thiazole rings is 1. The van der Waals surface area contributed by atoms with E-state index < -0.39 is 11.9 Å². The number of ether oxygens (including phenoxy) is 1. The third-order valence-corrected chi connectivity index (χ3v) is 5.15. The van der Waals surface area contributed by atoms with Crippen LogP contribution in [0.2, 0.25) is 0 Å². The molecule has 0 unspecified atom stereocenters. The van der Waals surface area contributed by atoms with E-state index in [1.54, 1.807) is 35.6 Å². The van der Waals surface area contributed by atoms with Gasteiger partial charge in [-0.1, -0.05) is 12.1 Å². The van der Waals surface area contributed by atoms with Gasteiger partial charge < -0.3 is 10.1 Å². The summed E-state index contributed by atoms with van der Waals surface area (Å²) in [6.45, 7) is 1.14. The fourth-order valence-corrected chi connectivity index (χ4v) is 3.62. The van der Waals surface area contributed by atoms with Gasteiger partial charge in [0.25, 0.3) is 5.91 Å². The van der Waals surface area contributed by atoms with Crippen LogP contribution in [0.4, 0.5) is 5.69 Å². The summed E-state index contributed by atoms with van der Waals surface area (Å²) >= 11 is 1.62. The summed E-state index contributed by atoms with van der Waals surface area (Å²) in [6, 6.07) is 14.4. The predicted octanol–water partition coefficient (Wildman–Crippen LogP) is 4.00. The second kappa shape index (κ2) is 9.23. The zero-order valence-corrected chi connectivity index (χ0v) is 16.3. The van der Waals surface area contributed by atoms with Crippen molar-refractivity contribution in [3.05, 3.63) is 59.1 Å². The number of Topliss-reactive ketones (excluding diaryl/α,β-unsaturated/α-hetero) is 1. The molecule has 2 aromatic carbocycles. The lowest BCUT2D eigenvalue weighted by atomic mass is 10.1. The van der Waals surface area contributed by atoms with Gasteiger partial charge in [-0.2, -0.15) is 0 Å². The van der Waals surface area contributed by atoms with Crippen molar-refractivity contribution in [1.29, 1.82) is 0 Å². The molecule has 6 nitrogen and oxygen atoms in total. The van der Waals surface area contributed by atoms with Crippen LogP contribution in [0.25, 0.3) is 10.2 Å². The van der Waals surface area contributed by atoms with E-state index in [1.807, 2.05) is 24.3 Å². The van der Waals surface area contributed by atoms with E-state index in [0.29, 0.717) is 24.1 Å². The van der Waals surface area contributed by atoms with Crippen LogP contribution in [0.5, 0.6) is 0 Å². The zero-order chi connectivity index (χ0) is 19.9. The number of nitrogens with zero attached hydrogens (tertiary/aromatic N) is 1. The average Bonchev–Trinajstić information content (AvgIpc) is 3.09. The highest BCUT2D eigenvalue weighted by Crippen LogP contribution is 2.22. The van der Waals surface area contributed by atoms with Crippen molar-refractivity contribution in [2.45, 2.75) is 26.2 Å². The molecular weight excluding hydrogens is 376 g/mol. The minimum Gasteiger partial charge on any atom is -0.456 e. The average molecular weight is 396 g/mol. The maximum atomic E-state index is 11.9. The predicted molar refractivity (Wildman–Crippen MR) is 109 cm³/mol. The maximum Gasteiger partial charge on any atom is 0.306 e. The number of amides is 1. The molecular formula is C21H20N2O4S. The molecule has 0 aliphatic carbocycles. The van der Waals surface area contributed by atoms with Gasteiger partial charge in [-0.3, -0.25) is 14.4 Å². The van der Waals surface area contributed by atoms with Crippen molar-refractivity contribution in [3.8, 4) is 0 Å². The monoisotopic (exact) mass is 396 g/mol. The number of carbonyl (C=O) groups is 3. The summed E-state index contributed by atoms with van der Waals surface area (Å²) in [5.74, 6) is -0.879. The molecule has 0 saturated heterocycles. The molecule has 1 amide bonds. The van der Waals surface area contributed by atoms with Gasteiger partial charge in [-0.15, -0.1) is 11.3 Å². The molecule has 7 heteroatoms. The standard InChI is InChI=1S/C21H20N2O4S/c1-14(24)15-9-11-16(12-10-15)22-19(25)13-27-21(26)8-4-7-20-23-17-5-2-3-6-18(17)28-20/h2-3,5-6,9-12H,4,7-8,13H2,1H3,(H,22,25). The molecule has 28 heavy (non-hydrogen) atoms. The Hall–Kier alpha value is -3.06. The van der Waals surface area contributed by atoms with E-state index in [9.17, 15) is 14.4 Å². The van der Waals surface area contributed by atoms with Crippen LogP contribution >= 0.6 is 11.3 Å². The Morgan fingerprint density at radius 1 is 1.07 bits per heavy atom. The number of benzene rings is 2. The summed E-state index contributed by atoms with van der Waals surface area (Å²) in [4.78, 5) is 39.5. The SMILES string of the molecule is CC(=O)c1ccc(NC(=O)COC(=O)CCCc2nc3ccccc3s2)cc1. The number of carbonyl (C=O) groups excluding carboxylic acids is 3. The number of fused-ring (bicyclic) bond motifs is 1. The van der Waals surface area contributed by atoms with E-state index >= 15 is 0 Å². The third kappa shape index (κ3) is 5.47. The first kappa shape index (κ1) is 19.7. The molecule has 0 spiro atoms. The van der Waals surface area contributed by atoms with E-state index in [1.165, 1.54) is 6.92 Å². The lowest BCUT2D eigenvalue weighted by molar-refractivity contribution is -0.147. The quantitative estimate of drug-likeness (QED) is 0.459. The van der Waals surface area contributed by atoms with Crippen LogP contribution in [0.3, 0.4) is 0 Å². The summed E-state index contributed by atoms with van der Waals surface area (Å²) < 4.78 is 6.15. The Kier molecular flexibility index (Phi) is 6.49. The van der Waals surface area contributed by atoms with Gasteiger partial charge in [0, 0.05) is 17.7 Å². The second-order valence-electron chi connectivity index (χ2n) is 6.27. The van der Waals surface area contributed by atoms with E-state index in [-0.39, 0.29) is 18.8 Å². The molecule has 1 N–H and O–H groups in total. The maximum absolute atomic E-state index is 11.9. The van der Waals surface area contributed by atoms with Gasteiger partial charge >= 0.3 is 5.97 Å². The summed E-state index contributed by atoms with van der Waals surface area (Å²) in [6.07, 6.45) is 1.55. The first-order chi connectivity index (χ1) is 13.5. The lowest BCUT2D eigenvalue weighted by Crippen LogP contribution is -2.20. The minimum absolute atomic E-state index is 0.0438. The molecule has 0 radical (unpaired) electrons. The van der Waals surface area contributed by atoms with E-state index in [4.69, 9.17) is 4.74 Å². The number of para-hydroxylation sites is 1. The normalized spacial score (nSPS) is 10.6. The van der Waals surface area contributed by atoms with Gasteiger partial charge in [-0.25, -0.2) is 4.98 Å². The van der Waals surface area contributed by atoms with Crippen molar-refractivity contribution in [3.63, 3.8) is 0 Å². The van der Waals surface area contributed by atoms with Gasteiger partial charge in [0.1, 0.15) is 0 Å². The van der Waals surface area contributed by atoms with Gasteiger partial charge in [0.15, 0.2) is 12.4 Å². The Morgan fingerprint density at radius 2 is 1.82 bits per heavy atom. The Bertz CT molecular complexity index is 962. The Labute approximate surface area is 166 Å². The summed E-state index contributed by atoms with van der Waals surface area (Å²) in [5.41, 5.74) is 2.08. The Morgan fingerprint density at radius 3 is 2.54 bits per heavy atom. The first-order valence-corrected chi connectivity index (χ1v) is 9.74. The van der Waals surface area contributed by atoms with Crippen LogP contribution in [-0.2, 0) is 20.7 Å².